The average Bonchev–Trinajstić information content (AvgIpc) is 2.17. The van der Waals surface area contributed by atoms with Gasteiger partial charge < -0.3 is 11.1 Å². The lowest BCUT2D eigenvalue weighted by Crippen LogP contribution is -2.39. The van der Waals surface area contributed by atoms with Crippen LogP contribution in [0.1, 0.15) is 11.5 Å². The molecule has 0 saturated carbocycles. The molecule has 0 fully saturated rings. The summed E-state index contributed by atoms with van der Waals surface area (Å²) in [6.45, 7) is 1.01. The molecule has 0 aromatic heterocycles. The molecule has 1 aliphatic rings. The Morgan fingerprint density at radius 3 is 2.47 bits per heavy atom. The van der Waals surface area contributed by atoms with Crippen molar-refractivity contribution in [1.82, 2.24) is 5.32 Å². The standard InChI is InChI=1S/C10H11F2N3/c11-8-1-6(2-9(12)3-8)7-4-14-10(13)15-5-7/h1-3,7H,4-5H2,(H3,13,14,15). The van der Waals surface area contributed by atoms with E-state index in [0.717, 1.165) is 6.07 Å². The molecule has 0 bridgehead atoms. The second kappa shape index (κ2) is 3.84. The van der Waals surface area contributed by atoms with Gasteiger partial charge in [-0.2, -0.15) is 0 Å². The minimum absolute atomic E-state index is 0.0255. The first-order chi connectivity index (χ1) is 7.15. The van der Waals surface area contributed by atoms with Crippen LogP contribution in [0.25, 0.3) is 0 Å². The fourth-order valence-corrected chi connectivity index (χ4v) is 1.59. The van der Waals surface area contributed by atoms with E-state index in [9.17, 15) is 8.78 Å². The molecule has 1 heterocycles. The number of guanidine groups is 1. The van der Waals surface area contributed by atoms with Gasteiger partial charge in [0.1, 0.15) is 11.6 Å². The summed E-state index contributed by atoms with van der Waals surface area (Å²) < 4.78 is 25.9. The highest BCUT2D eigenvalue weighted by Gasteiger charge is 2.16. The van der Waals surface area contributed by atoms with Crippen molar-refractivity contribution >= 4 is 5.96 Å². The van der Waals surface area contributed by atoms with Crippen molar-refractivity contribution < 1.29 is 8.78 Å². The Hall–Kier alpha value is -1.65. The van der Waals surface area contributed by atoms with Crippen molar-refractivity contribution in [3.8, 4) is 0 Å². The van der Waals surface area contributed by atoms with Gasteiger partial charge in [0.15, 0.2) is 5.96 Å². The predicted molar refractivity (Wildman–Crippen MR) is 53.6 cm³/mol. The SMILES string of the molecule is NC1=NCC(c2cc(F)cc(F)c2)CN1. The number of nitrogens with zero attached hydrogens (tertiary/aromatic N) is 1. The number of hydrogen-bond acceptors (Lipinski definition) is 3. The van der Waals surface area contributed by atoms with E-state index in [1.807, 2.05) is 0 Å². The van der Waals surface area contributed by atoms with Crippen molar-refractivity contribution in [2.75, 3.05) is 13.1 Å². The van der Waals surface area contributed by atoms with Gasteiger partial charge in [-0.25, -0.2) is 8.78 Å². The van der Waals surface area contributed by atoms with E-state index in [-0.39, 0.29) is 5.92 Å². The average molecular weight is 211 g/mol. The fourth-order valence-electron chi connectivity index (χ4n) is 1.59. The van der Waals surface area contributed by atoms with Crippen molar-refractivity contribution in [2.24, 2.45) is 10.7 Å². The molecule has 1 unspecified atom stereocenters. The monoisotopic (exact) mass is 211 g/mol. The third-order valence-corrected chi connectivity index (χ3v) is 2.37. The number of benzene rings is 1. The molecule has 1 aromatic rings. The highest BCUT2D eigenvalue weighted by molar-refractivity contribution is 5.78. The molecule has 2 rings (SSSR count). The Kier molecular flexibility index (Phi) is 2.53. The zero-order valence-corrected chi connectivity index (χ0v) is 8.00. The number of nitrogens with one attached hydrogen (secondary N) is 1. The Labute approximate surface area is 86.0 Å². The van der Waals surface area contributed by atoms with Crippen LogP contribution in [-0.4, -0.2) is 19.0 Å². The van der Waals surface area contributed by atoms with E-state index in [2.05, 4.69) is 10.3 Å². The highest BCUT2D eigenvalue weighted by Crippen LogP contribution is 2.19. The van der Waals surface area contributed by atoms with Crippen LogP contribution in [0, 0.1) is 11.6 Å². The van der Waals surface area contributed by atoms with Crippen LogP contribution in [0.4, 0.5) is 8.78 Å². The van der Waals surface area contributed by atoms with E-state index < -0.39 is 11.6 Å². The van der Waals surface area contributed by atoms with Gasteiger partial charge in [0, 0.05) is 18.5 Å². The molecule has 0 radical (unpaired) electrons. The quantitative estimate of drug-likeness (QED) is 0.727. The van der Waals surface area contributed by atoms with Crippen LogP contribution >= 0.6 is 0 Å². The minimum Gasteiger partial charge on any atom is -0.370 e. The first-order valence-electron chi connectivity index (χ1n) is 4.65. The minimum atomic E-state index is -0.562. The first kappa shape index (κ1) is 9.89. The second-order valence-electron chi connectivity index (χ2n) is 3.51. The predicted octanol–water partition coefficient (Wildman–Crippen LogP) is 0.966. The molecule has 15 heavy (non-hydrogen) atoms. The molecule has 0 amide bonds. The van der Waals surface area contributed by atoms with Crippen molar-refractivity contribution in [3.05, 3.63) is 35.4 Å². The van der Waals surface area contributed by atoms with Gasteiger partial charge >= 0.3 is 0 Å². The molecule has 1 aliphatic heterocycles. The second-order valence-corrected chi connectivity index (χ2v) is 3.51. The van der Waals surface area contributed by atoms with Crippen LogP contribution in [0.3, 0.4) is 0 Å². The Morgan fingerprint density at radius 1 is 1.27 bits per heavy atom. The van der Waals surface area contributed by atoms with Crippen LogP contribution in [0.15, 0.2) is 23.2 Å². The summed E-state index contributed by atoms with van der Waals surface area (Å²) >= 11 is 0. The molecule has 1 atom stereocenters. The van der Waals surface area contributed by atoms with E-state index >= 15 is 0 Å². The van der Waals surface area contributed by atoms with E-state index in [0.29, 0.717) is 24.6 Å². The van der Waals surface area contributed by atoms with Crippen molar-refractivity contribution in [2.45, 2.75) is 5.92 Å². The number of hydrogen-bond donors (Lipinski definition) is 2. The smallest absolute Gasteiger partial charge is 0.188 e. The zero-order valence-electron chi connectivity index (χ0n) is 8.00. The molecule has 3 nitrogen and oxygen atoms in total. The maximum atomic E-state index is 12.9. The lowest BCUT2D eigenvalue weighted by atomic mass is 9.98. The summed E-state index contributed by atoms with van der Waals surface area (Å²) in [4.78, 5) is 3.99. The summed E-state index contributed by atoms with van der Waals surface area (Å²) in [6, 6.07) is 3.51. The molecule has 80 valence electrons. The number of rotatable bonds is 1. The third kappa shape index (κ3) is 2.23. The third-order valence-electron chi connectivity index (χ3n) is 2.37. The fraction of sp³-hybridized carbons (Fsp3) is 0.300. The van der Waals surface area contributed by atoms with Crippen LogP contribution < -0.4 is 11.1 Å². The lowest BCUT2D eigenvalue weighted by Gasteiger charge is -2.21. The number of halogens is 2. The molecule has 1 aromatic carbocycles. The zero-order chi connectivity index (χ0) is 10.8. The summed E-state index contributed by atoms with van der Waals surface area (Å²) in [7, 11) is 0. The topological polar surface area (TPSA) is 50.4 Å². The number of nitrogens with two attached hydrogens (primary N) is 1. The van der Waals surface area contributed by atoms with Crippen molar-refractivity contribution in [3.63, 3.8) is 0 Å². The molecule has 5 heteroatoms. The molecule has 0 spiro atoms. The normalized spacial score (nSPS) is 20.7. The van der Waals surface area contributed by atoms with Gasteiger partial charge in [-0.1, -0.05) is 0 Å². The lowest BCUT2D eigenvalue weighted by molar-refractivity contribution is 0.566. The summed E-state index contributed by atoms with van der Waals surface area (Å²) in [5.74, 6) is -0.773. The summed E-state index contributed by atoms with van der Waals surface area (Å²) in [5.41, 5.74) is 6.03. The van der Waals surface area contributed by atoms with Crippen LogP contribution in [0.2, 0.25) is 0 Å². The van der Waals surface area contributed by atoms with Crippen LogP contribution in [0.5, 0.6) is 0 Å². The summed E-state index contributed by atoms with van der Waals surface area (Å²) in [5, 5.41) is 2.85. The van der Waals surface area contributed by atoms with Gasteiger partial charge in [-0.05, 0) is 17.7 Å². The first-order valence-corrected chi connectivity index (χ1v) is 4.65. The van der Waals surface area contributed by atoms with Crippen LogP contribution in [-0.2, 0) is 0 Å². The Bertz CT molecular complexity index is 383. The molecular weight excluding hydrogens is 200 g/mol. The van der Waals surface area contributed by atoms with Gasteiger partial charge in [0.25, 0.3) is 0 Å². The molecule has 3 N–H and O–H groups in total. The summed E-state index contributed by atoms with van der Waals surface area (Å²) in [6.07, 6.45) is 0. The largest absolute Gasteiger partial charge is 0.370 e. The van der Waals surface area contributed by atoms with Gasteiger partial charge in [-0.15, -0.1) is 0 Å². The molecule has 0 saturated heterocycles. The van der Waals surface area contributed by atoms with E-state index in [4.69, 9.17) is 5.73 Å². The van der Waals surface area contributed by atoms with Crippen molar-refractivity contribution in [1.29, 1.82) is 0 Å². The van der Waals surface area contributed by atoms with Gasteiger partial charge in [0.05, 0.1) is 6.54 Å². The van der Waals surface area contributed by atoms with Gasteiger partial charge in [0.2, 0.25) is 0 Å². The van der Waals surface area contributed by atoms with E-state index in [1.165, 1.54) is 12.1 Å². The molecule has 0 aliphatic carbocycles. The Morgan fingerprint density at radius 2 is 1.93 bits per heavy atom. The van der Waals surface area contributed by atoms with Gasteiger partial charge in [-0.3, -0.25) is 4.99 Å². The maximum absolute atomic E-state index is 12.9. The number of aliphatic imine (C=N–C) groups is 1. The Balaban J connectivity index is 2.23. The van der Waals surface area contributed by atoms with E-state index in [1.54, 1.807) is 0 Å². The maximum Gasteiger partial charge on any atom is 0.188 e. The molecular formula is C10H11F2N3. The highest BCUT2D eigenvalue weighted by atomic mass is 19.1.